The lowest BCUT2D eigenvalue weighted by Crippen LogP contribution is -2.49. The first kappa shape index (κ1) is 12.6. The molecule has 1 saturated heterocycles. The second kappa shape index (κ2) is 5.66. The summed E-state index contributed by atoms with van der Waals surface area (Å²) in [4.78, 5) is 2.26. The van der Waals surface area contributed by atoms with Crippen molar-refractivity contribution < 1.29 is 0 Å². The summed E-state index contributed by atoms with van der Waals surface area (Å²) in [7, 11) is 0. The zero-order valence-corrected chi connectivity index (χ0v) is 10.6. The number of hydrogen-bond donors (Lipinski definition) is 0. The molecule has 0 spiro atoms. The van der Waals surface area contributed by atoms with Crippen molar-refractivity contribution in [3.8, 4) is 12.1 Å². The van der Waals surface area contributed by atoms with E-state index in [0.29, 0.717) is 18.9 Å². The van der Waals surface area contributed by atoms with Crippen molar-refractivity contribution in [3.63, 3.8) is 0 Å². The summed E-state index contributed by atoms with van der Waals surface area (Å²) in [6.45, 7) is 4.71. The van der Waals surface area contributed by atoms with Crippen molar-refractivity contribution in [2.45, 2.75) is 25.8 Å². The lowest BCUT2D eigenvalue weighted by Gasteiger charge is -2.40. The third kappa shape index (κ3) is 2.88. The Morgan fingerprint density at radius 3 is 2.83 bits per heavy atom. The Hall–Kier alpha value is -1.85. The van der Waals surface area contributed by atoms with Crippen LogP contribution in [-0.2, 0) is 0 Å². The largest absolute Gasteiger partial charge is 0.298 e. The maximum absolute atomic E-state index is 9.00. The molecule has 0 amide bonds. The van der Waals surface area contributed by atoms with Gasteiger partial charge in [-0.1, -0.05) is 0 Å². The number of likely N-dealkylation sites (tertiary alicyclic amines) is 1. The first-order chi connectivity index (χ1) is 8.72. The number of nitrogens with zero attached hydrogens (tertiary/aromatic N) is 5. The van der Waals surface area contributed by atoms with Gasteiger partial charge >= 0.3 is 0 Å². The molecule has 0 radical (unpaired) electrons. The third-order valence-corrected chi connectivity index (χ3v) is 3.31. The molecule has 1 atom stereocenters. The van der Waals surface area contributed by atoms with Crippen molar-refractivity contribution in [1.82, 2.24) is 14.7 Å². The summed E-state index contributed by atoms with van der Waals surface area (Å²) in [6.07, 6.45) is 5.07. The van der Waals surface area contributed by atoms with Gasteiger partial charge in [0.05, 0.1) is 30.3 Å². The fourth-order valence-corrected chi connectivity index (χ4v) is 2.24. The van der Waals surface area contributed by atoms with Gasteiger partial charge in [-0.05, 0) is 18.9 Å². The fraction of sp³-hybridized carbons (Fsp3) is 0.615. The predicted octanol–water partition coefficient (Wildman–Crippen LogP) is 1.49. The predicted molar refractivity (Wildman–Crippen MR) is 66.4 cm³/mol. The smallest absolute Gasteiger partial charge is 0.0772 e. The van der Waals surface area contributed by atoms with Crippen LogP contribution >= 0.6 is 0 Å². The highest BCUT2D eigenvalue weighted by Crippen LogP contribution is 2.22. The monoisotopic (exact) mass is 243 g/mol. The van der Waals surface area contributed by atoms with E-state index < -0.39 is 0 Å². The topological polar surface area (TPSA) is 68.6 Å². The average Bonchev–Trinajstić information content (AvgIpc) is 2.73. The van der Waals surface area contributed by atoms with Crippen LogP contribution in [0, 0.1) is 35.5 Å². The molecule has 1 aliphatic heterocycles. The standard InChI is InChI=1S/C13H17N5/c1-11-6-16-18(7-11)13-9-17(10-13)8-12(5-15)3-2-4-14/h6-7,12-13H,2-3,8-10H2,1H3/t12-/m1/s1. The molecule has 5 nitrogen and oxygen atoms in total. The molecule has 5 heteroatoms. The summed E-state index contributed by atoms with van der Waals surface area (Å²) in [5.74, 6) is -0.0232. The van der Waals surface area contributed by atoms with Crippen molar-refractivity contribution in [1.29, 1.82) is 10.5 Å². The summed E-state index contributed by atoms with van der Waals surface area (Å²) in [5, 5.41) is 21.8. The molecule has 2 heterocycles. The molecular weight excluding hydrogens is 226 g/mol. The van der Waals surface area contributed by atoms with Gasteiger partial charge < -0.3 is 0 Å². The zero-order valence-electron chi connectivity index (χ0n) is 10.6. The van der Waals surface area contributed by atoms with Crippen molar-refractivity contribution in [3.05, 3.63) is 18.0 Å². The summed E-state index contributed by atoms with van der Waals surface area (Å²) >= 11 is 0. The van der Waals surface area contributed by atoms with Crippen molar-refractivity contribution in [2.75, 3.05) is 19.6 Å². The number of hydrogen-bond acceptors (Lipinski definition) is 4. The van der Waals surface area contributed by atoms with E-state index in [1.165, 1.54) is 5.56 Å². The first-order valence-corrected chi connectivity index (χ1v) is 6.22. The van der Waals surface area contributed by atoms with Gasteiger partial charge in [0.25, 0.3) is 0 Å². The normalized spacial score (nSPS) is 17.7. The van der Waals surface area contributed by atoms with E-state index in [0.717, 1.165) is 19.6 Å². The minimum absolute atomic E-state index is 0.0232. The Morgan fingerprint density at radius 2 is 2.28 bits per heavy atom. The lowest BCUT2D eigenvalue weighted by atomic mass is 10.0. The molecule has 0 saturated carbocycles. The summed E-state index contributed by atoms with van der Waals surface area (Å²) < 4.78 is 2.00. The molecular formula is C13H17N5. The Kier molecular flexibility index (Phi) is 3.96. The minimum atomic E-state index is -0.0232. The van der Waals surface area contributed by atoms with Crippen LogP contribution < -0.4 is 0 Å². The number of aromatic nitrogens is 2. The third-order valence-electron chi connectivity index (χ3n) is 3.31. The van der Waals surface area contributed by atoms with E-state index in [-0.39, 0.29) is 5.92 Å². The quantitative estimate of drug-likeness (QED) is 0.785. The highest BCUT2D eigenvalue weighted by atomic mass is 15.4. The van der Waals surface area contributed by atoms with Gasteiger partial charge in [-0.15, -0.1) is 0 Å². The van der Waals surface area contributed by atoms with Crippen LogP contribution in [0.3, 0.4) is 0 Å². The molecule has 1 aliphatic rings. The highest BCUT2D eigenvalue weighted by molar-refractivity contribution is 5.02. The number of nitriles is 2. The molecule has 1 aromatic rings. The van der Waals surface area contributed by atoms with E-state index in [1.54, 1.807) is 0 Å². The van der Waals surface area contributed by atoms with Crippen molar-refractivity contribution in [2.24, 2.45) is 5.92 Å². The van der Waals surface area contributed by atoms with Crippen LogP contribution in [0.1, 0.15) is 24.4 Å². The zero-order chi connectivity index (χ0) is 13.0. The van der Waals surface area contributed by atoms with Crippen LogP contribution in [-0.4, -0.2) is 34.3 Å². The van der Waals surface area contributed by atoms with Crippen LogP contribution in [0.5, 0.6) is 0 Å². The second-order valence-corrected chi connectivity index (χ2v) is 4.89. The molecule has 1 aromatic heterocycles. The molecule has 0 bridgehead atoms. The Morgan fingerprint density at radius 1 is 1.50 bits per heavy atom. The minimum Gasteiger partial charge on any atom is -0.298 e. The number of rotatable bonds is 5. The molecule has 0 unspecified atom stereocenters. The van der Waals surface area contributed by atoms with E-state index in [2.05, 4.69) is 28.3 Å². The Balaban J connectivity index is 1.76. The Labute approximate surface area is 107 Å². The van der Waals surface area contributed by atoms with E-state index in [9.17, 15) is 0 Å². The van der Waals surface area contributed by atoms with E-state index in [1.807, 2.05) is 17.8 Å². The van der Waals surface area contributed by atoms with Crippen LogP contribution in [0.2, 0.25) is 0 Å². The lowest BCUT2D eigenvalue weighted by molar-refractivity contribution is 0.0872. The fourth-order valence-electron chi connectivity index (χ4n) is 2.24. The van der Waals surface area contributed by atoms with Gasteiger partial charge in [0.1, 0.15) is 0 Å². The Bertz CT molecular complexity index is 472. The molecule has 0 N–H and O–H groups in total. The molecule has 94 valence electrons. The molecule has 18 heavy (non-hydrogen) atoms. The van der Waals surface area contributed by atoms with Crippen LogP contribution in [0.4, 0.5) is 0 Å². The van der Waals surface area contributed by atoms with Gasteiger partial charge in [-0.3, -0.25) is 9.58 Å². The van der Waals surface area contributed by atoms with E-state index in [4.69, 9.17) is 10.5 Å². The average molecular weight is 243 g/mol. The second-order valence-electron chi connectivity index (χ2n) is 4.89. The maximum atomic E-state index is 9.00. The molecule has 0 aliphatic carbocycles. The first-order valence-electron chi connectivity index (χ1n) is 6.22. The molecule has 0 aromatic carbocycles. The highest BCUT2D eigenvalue weighted by Gasteiger charge is 2.30. The summed E-state index contributed by atoms with van der Waals surface area (Å²) in [6, 6.07) is 4.81. The summed E-state index contributed by atoms with van der Waals surface area (Å²) in [5.41, 5.74) is 1.18. The molecule has 2 rings (SSSR count). The van der Waals surface area contributed by atoms with Gasteiger partial charge in [0, 0.05) is 32.3 Å². The van der Waals surface area contributed by atoms with E-state index >= 15 is 0 Å². The van der Waals surface area contributed by atoms with Gasteiger partial charge in [0.15, 0.2) is 0 Å². The van der Waals surface area contributed by atoms with Gasteiger partial charge in [0.2, 0.25) is 0 Å². The van der Waals surface area contributed by atoms with Crippen LogP contribution in [0.25, 0.3) is 0 Å². The van der Waals surface area contributed by atoms with Gasteiger partial charge in [-0.25, -0.2) is 0 Å². The SMILES string of the molecule is Cc1cnn(C2CN(C[C@@H](C#N)CCC#N)C2)c1. The molecule has 1 fully saturated rings. The number of aryl methyl sites for hydroxylation is 1. The maximum Gasteiger partial charge on any atom is 0.0772 e. The van der Waals surface area contributed by atoms with Gasteiger partial charge in [-0.2, -0.15) is 15.6 Å². The van der Waals surface area contributed by atoms with Crippen LogP contribution in [0.15, 0.2) is 12.4 Å². The van der Waals surface area contributed by atoms with Crippen molar-refractivity contribution >= 4 is 0 Å².